The van der Waals surface area contributed by atoms with Crippen LogP contribution >= 0.6 is 15.9 Å². The number of ether oxygens (including phenoxy) is 1. The Morgan fingerprint density at radius 1 is 1.15 bits per heavy atom. The van der Waals surface area contributed by atoms with Gasteiger partial charge in [0.05, 0.1) is 24.0 Å². The van der Waals surface area contributed by atoms with Crippen molar-refractivity contribution in [3.05, 3.63) is 64.5 Å². The molecule has 3 aromatic rings. The summed E-state index contributed by atoms with van der Waals surface area (Å²) in [5, 5.41) is 14.2. The predicted octanol–water partition coefficient (Wildman–Crippen LogP) is 4.54. The van der Waals surface area contributed by atoms with Crippen LogP contribution in [0.15, 0.2) is 53.1 Å². The van der Waals surface area contributed by atoms with Crippen LogP contribution < -0.4 is 10.1 Å². The molecule has 140 valence electrons. The number of halogens is 4. The largest absolute Gasteiger partial charge is 0.495 e. The summed E-state index contributed by atoms with van der Waals surface area (Å²) in [5.41, 5.74) is 0.129. The highest BCUT2D eigenvalue weighted by Gasteiger charge is 2.31. The van der Waals surface area contributed by atoms with Crippen LogP contribution in [0.4, 0.5) is 18.9 Å². The number of nitrogens with zero attached hydrogens (tertiary/aromatic N) is 4. The maximum absolute atomic E-state index is 12.9. The Hall–Kier alpha value is -2.88. The van der Waals surface area contributed by atoms with Crippen molar-refractivity contribution < 1.29 is 17.9 Å². The number of hydrogen-bond donors (Lipinski definition) is 1. The summed E-state index contributed by atoms with van der Waals surface area (Å²) < 4.78 is 46.2. The van der Waals surface area contributed by atoms with Crippen LogP contribution in [0.25, 0.3) is 11.8 Å². The zero-order valence-electron chi connectivity index (χ0n) is 13.9. The smallest absolute Gasteiger partial charge is 0.416 e. The van der Waals surface area contributed by atoms with E-state index in [4.69, 9.17) is 4.74 Å². The van der Waals surface area contributed by atoms with Gasteiger partial charge in [0.2, 0.25) is 0 Å². The van der Waals surface area contributed by atoms with Gasteiger partial charge in [0.15, 0.2) is 5.82 Å². The Bertz CT molecular complexity index is 954. The minimum absolute atomic E-state index is 0.172. The van der Waals surface area contributed by atoms with Gasteiger partial charge < -0.3 is 10.1 Å². The fraction of sp³-hybridized carbons (Fsp3) is 0.118. The van der Waals surface area contributed by atoms with Crippen LogP contribution in [-0.4, -0.2) is 27.3 Å². The number of aromatic nitrogens is 4. The van der Waals surface area contributed by atoms with Gasteiger partial charge in [-0.1, -0.05) is 15.9 Å². The molecular formula is C17H13BrF3N5O. The third-order valence-corrected chi connectivity index (χ3v) is 4.09. The second-order valence-electron chi connectivity index (χ2n) is 5.32. The fourth-order valence-electron chi connectivity index (χ4n) is 2.27. The van der Waals surface area contributed by atoms with Gasteiger partial charge in [-0.3, -0.25) is 0 Å². The Labute approximate surface area is 160 Å². The minimum atomic E-state index is -4.45. The molecule has 6 nitrogen and oxygen atoms in total. The average molecular weight is 440 g/mol. The molecule has 0 aliphatic carbocycles. The molecule has 0 aliphatic rings. The van der Waals surface area contributed by atoms with Crippen molar-refractivity contribution in [1.82, 2.24) is 20.2 Å². The maximum Gasteiger partial charge on any atom is 0.416 e. The zero-order chi connectivity index (χ0) is 19.4. The Kier molecular flexibility index (Phi) is 5.45. The monoisotopic (exact) mass is 439 g/mol. The number of hydrogen-bond acceptors (Lipinski definition) is 5. The van der Waals surface area contributed by atoms with Gasteiger partial charge >= 0.3 is 6.18 Å². The van der Waals surface area contributed by atoms with Crippen LogP contribution in [-0.2, 0) is 6.18 Å². The third kappa shape index (κ3) is 4.45. The van der Waals surface area contributed by atoms with Crippen molar-refractivity contribution in [2.24, 2.45) is 0 Å². The molecule has 0 bridgehead atoms. The molecule has 1 N–H and O–H groups in total. The van der Waals surface area contributed by atoms with Gasteiger partial charge in [-0.15, -0.1) is 5.10 Å². The summed E-state index contributed by atoms with van der Waals surface area (Å²) in [6, 6.07) is 10.5. The van der Waals surface area contributed by atoms with E-state index in [1.165, 1.54) is 24.1 Å². The van der Waals surface area contributed by atoms with Gasteiger partial charge in [-0.05, 0) is 52.9 Å². The van der Waals surface area contributed by atoms with Crippen molar-refractivity contribution >= 4 is 27.7 Å². The number of rotatable bonds is 5. The summed E-state index contributed by atoms with van der Waals surface area (Å²) in [4.78, 5) is 0. The highest BCUT2D eigenvalue weighted by Crippen LogP contribution is 2.34. The first-order valence-electron chi connectivity index (χ1n) is 7.61. The molecule has 0 saturated heterocycles. The molecule has 27 heavy (non-hydrogen) atoms. The molecule has 0 amide bonds. The number of methoxy groups -OCH3 is 1. The summed E-state index contributed by atoms with van der Waals surface area (Å²) in [6.45, 7) is 0. The molecule has 10 heteroatoms. The quantitative estimate of drug-likeness (QED) is 0.632. The van der Waals surface area contributed by atoms with E-state index in [1.807, 2.05) is 24.3 Å². The molecule has 0 atom stereocenters. The zero-order valence-corrected chi connectivity index (χ0v) is 15.5. The van der Waals surface area contributed by atoms with Crippen molar-refractivity contribution in [3.8, 4) is 11.4 Å². The first-order chi connectivity index (χ1) is 12.9. The van der Waals surface area contributed by atoms with Gasteiger partial charge in [0, 0.05) is 16.7 Å². The maximum atomic E-state index is 12.9. The second-order valence-corrected chi connectivity index (χ2v) is 6.23. The lowest BCUT2D eigenvalue weighted by atomic mass is 10.2. The van der Waals surface area contributed by atoms with Crippen LogP contribution in [0, 0.1) is 0 Å². The number of benzene rings is 2. The van der Waals surface area contributed by atoms with Crippen LogP contribution in [0.2, 0.25) is 0 Å². The molecule has 0 spiro atoms. The second kappa shape index (κ2) is 7.78. The average Bonchev–Trinajstić information content (AvgIpc) is 3.10. The van der Waals surface area contributed by atoms with E-state index in [9.17, 15) is 13.2 Å². The lowest BCUT2D eigenvalue weighted by molar-refractivity contribution is -0.137. The summed E-state index contributed by atoms with van der Waals surface area (Å²) in [7, 11) is 1.38. The van der Waals surface area contributed by atoms with E-state index in [0.717, 1.165) is 22.3 Å². The van der Waals surface area contributed by atoms with E-state index in [1.54, 1.807) is 6.08 Å². The van der Waals surface area contributed by atoms with Gasteiger partial charge in [0.25, 0.3) is 0 Å². The molecular weight excluding hydrogens is 427 g/mol. The summed E-state index contributed by atoms with van der Waals surface area (Å²) in [6.07, 6.45) is -1.46. The highest BCUT2D eigenvalue weighted by atomic mass is 79.9. The van der Waals surface area contributed by atoms with Gasteiger partial charge in [-0.25, -0.2) is 0 Å². The number of nitrogens with one attached hydrogen (secondary N) is 1. The van der Waals surface area contributed by atoms with Crippen LogP contribution in [0.5, 0.6) is 5.75 Å². The highest BCUT2D eigenvalue weighted by molar-refractivity contribution is 9.10. The summed E-state index contributed by atoms with van der Waals surface area (Å²) in [5.74, 6) is 0.677. The van der Waals surface area contributed by atoms with E-state index in [0.29, 0.717) is 5.82 Å². The third-order valence-electron chi connectivity index (χ3n) is 3.56. The van der Waals surface area contributed by atoms with Crippen molar-refractivity contribution in [1.29, 1.82) is 0 Å². The van der Waals surface area contributed by atoms with E-state index in [2.05, 4.69) is 36.8 Å². The van der Waals surface area contributed by atoms with E-state index < -0.39 is 11.7 Å². The Morgan fingerprint density at radius 2 is 1.89 bits per heavy atom. The van der Waals surface area contributed by atoms with Crippen molar-refractivity contribution in [2.45, 2.75) is 6.18 Å². The molecule has 1 aromatic heterocycles. The topological polar surface area (TPSA) is 64.9 Å². The van der Waals surface area contributed by atoms with E-state index in [-0.39, 0.29) is 11.4 Å². The Morgan fingerprint density at radius 3 is 2.56 bits per heavy atom. The normalized spacial score (nSPS) is 11.7. The molecule has 2 aromatic carbocycles. The van der Waals surface area contributed by atoms with Gasteiger partial charge in [-0.2, -0.15) is 17.9 Å². The predicted molar refractivity (Wildman–Crippen MR) is 97.5 cm³/mol. The molecule has 0 radical (unpaired) electrons. The first-order valence-corrected chi connectivity index (χ1v) is 8.40. The number of anilines is 1. The van der Waals surface area contributed by atoms with E-state index >= 15 is 0 Å². The first kappa shape index (κ1) is 18.9. The van der Waals surface area contributed by atoms with Crippen LogP contribution in [0.1, 0.15) is 11.4 Å². The molecule has 3 rings (SSSR count). The van der Waals surface area contributed by atoms with Gasteiger partial charge in [0.1, 0.15) is 5.75 Å². The number of alkyl halides is 3. The molecule has 1 heterocycles. The minimum Gasteiger partial charge on any atom is -0.495 e. The molecule has 0 aliphatic heterocycles. The Balaban J connectivity index is 1.83. The number of tetrazole rings is 1. The van der Waals surface area contributed by atoms with Crippen LogP contribution in [0.3, 0.4) is 0 Å². The lowest BCUT2D eigenvalue weighted by Crippen LogP contribution is -2.06. The van der Waals surface area contributed by atoms with Crippen molar-refractivity contribution in [2.75, 3.05) is 12.4 Å². The molecule has 0 fully saturated rings. The summed E-state index contributed by atoms with van der Waals surface area (Å²) >= 11 is 3.35. The molecule has 0 unspecified atom stereocenters. The van der Waals surface area contributed by atoms with Crippen molar-refractivity contribution in [3.63, 3.8) is 0 Å². The standard InChI is InChI=1S/C17H13BrF3N5O/c1-27-15-7-2-11(17(19,20)21)10-14(15)22-9-8-16-23-24-25-26(16)13-5-3-12(18)4-6-13/h2-10,22H,1H3. The molecule has 0 saturated carbocycles. The lowest BCUT2D eigenvalue weighted by Gasteiger charge is -2.12. The SMILES string of the molecule is COc1ccc(C(F)(F)F)cc1NC=Cc1nnnn1-c1ccc(Br)cc1. The fourth-order valence-corrected chi connectivity index (χ4v) is 2.53.